The number of carbonyl (C=O) groups is 1. The minimum atomic E-state index is 0.127. The van der Waals surface area contributed by atoms with Crippen molar-refractivity contribution in [1.29, 1.82) is 0 Å². The molecule has 3 nitrogen and oxygen atoms in total. The maximum atomic E-state index is 11.5. The lowest BCUT2D eigenvalue weighted by Crippen LogP contribution is -2.38. The zero-order valence-corrected chi connectivity index (χ0v) is 11.6. The maximum absolute atomic E-state index is 11.5. The first-order valence-electron chi connectivity index (χ1n) is 7.07. The van der Waals surface area contributed by atoms with Gasteiger partial charge in [-0.2, -0.15) is 0 Å². The molecule has 0 heterocycles. The molecule has 0 radical (unpaired) electrons. The van der Waals surface area contributed by atoms with Gasteiger partial charge in [-0.25, -0.2) is 0 Å². The Hall–Kier alpha value is -0.570. The van der Waals surface area contributed by atoms with E-state index in [0.717, 1.165) is 24.9 Å². The number of amides is 1. The molecule has 17 heavy (non-hydrogen) atoms. The lowest BCUT2D eigenvalue weighted by molar-refractivity contribution is -0.120. The quantitative estimate of drug-likeness (QED) is 0.747. The van der Waals surface area contributed by atoms with Crippen LogP contribution in [0, 0.1) is 17.8 Å². The Morgan fingerprint density at radius 1 is 1.29 bits per heavy atom. The van der Waals surface area contributed by atoms with Gasteiger partial charge in [-0.05, 0) is 30.7 Å². The summed E-state index contributed by atoms with van der Waals surface area (Å²) >= 11 is 0. The third-order valence-corrected chi connectivity index (χ3v) is 3.69. The third kappa shape index (κ3) is 6.06. The average molecular weight is 240 g/mol. The van der Waals surface area contributed by atoms with Crippen LogP contribution in [-0.2, 0) is 4.79 Å². The number of hydrogen-bond acceptors (Lipinski definition) is 2. The molecule has 1 aliphatic rings. The van der Waals surface area contributed by atoms with E-state index in [1.165, 1.54) is 25.7 Å². The van der Waals surface area contributed by atoms with Gasteiger partial charge < -0.3 is 10.6 Å². The van der Waals surface area contributed by atoms with Crippen molar-refractivity contribution in [3.05, 3.63) is 0 Å². The fourth-order valence-corrected chi connectivity index (χ4v) is 2.45. The first kappa shape index (κ1) is 14.5. The van der Waals surface area contributed by atoms with E-state index in [2.05, 4.69) is 31.4 Å². The van der Waals surface area contributed by atoms with Gasteiger partial charge >= 0.3 is 0 Å². The molecular weight excluding hydrogens is 212 g/mol. The molecule has 3 heteroatoms. The Morgan fingerprint density at radius 3 is 2.65 bits per heavy atom. The van der Waals surface area contributed by atoms with Crippen molar-refractivity contribution in [1.82, 2.24) is 10.6 Å². The van der Waals surface area contributed by atoms with Crippen LogP contribution in [0.15, 0.2) is 0 Å². The van der Waals surface area contributed by atoms with Gasteiger partial charge in [-0.15, -0.1) is 0 Å². The molecule has 0 aliphatic heterocycles. The predicted molar refractivity (Wildman–Crippen MR) is 71.8 cm³/mol. The number of nitrogens with one attached hydrogen (secondary N) is 2. The Kier molecular flexibility index (Phi) is 6.56. The molecule has 1 amide bonds. The minimum absolute atomic E-state index is 0.127. The van der Waals surface area contributed by atoms with E-state index in [-0.39, 0.29) is 5.91 Å². The minimum Gasteiger partial charge on any atom is -0.355 e. The van der Waals surface area contributed by atoms with Crippen LogP contribution >= 0.6 is 0 Å². The second-order valence-corrected chi connectivity index (χ2v) is 5.85. The van der Waals surface area contributed by atoms with Gasteiger partial charge in [-0.1, -0.05) is 40.0 Å². The van der Waals surface area contributed by atoms with E-state index in [0.29, 0.717) is 12.5 Å². The van der Waals surface area contributed by atoms with Crippen LogP contribution in [0.25, 0.3) is 0 Å². The molecule has 0 aromatic carbocycles. The van der Waals surface area contributed by atoms with Crippen LogP contribution in [0.4, 0.5) is 0 Å². The number of carbonyl (C=O) groups excluding carboxylic acids is 1. The normalized spacial score (nSPS) is 24.9. The lowest BCUT2D eigenvalue weighted by Gasteiger charge is -2.28. The molecule has 2 N–H and O–H groups in total. The van der Waals surface area contributed by atoms with Crippen molar-refractivity contribution >= 4 is 5.91 Å². The summed E-state index contributed by atoms with van der Waals surface area (Å²) in [7, 11) is 0. The zero-order valence-electron chi connectivity index (χ0n) is 11.6. The summed E-state index contributed by atoms with van der Waals surface area (Å²) < 4.78 is 0. The molecule has 100 valence electrons. The second kappa shape index (κ2) is 7.70. The van der Waals surface area contributed by atoms with Gasteiger partial charge in [0.2, 0.25) is 5.91 Å². The summed E-state index contributed by atoms with van der Waals surface area (Å²) in [4.78, 5) is 11.5. The molecule has 0 aromatic rings. The van der Waals surface area contributed by atoms with Gasteiger partial charge in [0, 0.05) is 6.54 Å². The van der Waals surface area contributed by atoms with Gasteiger partial charge in [0.1, 0.15) is 0 Å². The van der Waals surface area contributed by atoms with Gasteiger partial charge in [0.05, 0.1) is 6.54 Å². The molecule has 0 bridgehead atoms. The predicted octanol–water partition coefficient (Wildman–Crippen LogP) is 2.17. The highest BCUT2D eigenvalue weighted by atomic mass is 16.1. The highest BCUT2D eigenvalue weighted by Crippen LogP contribution is 2.28. The van der Waals surface area contributed by atoms with Crippen LogP contribution in [0.3, 0.4) is 0 Å². The van der Waals surface area contributed by atoms with Gasteiger partial charge in [-0.3, -0.25) is 4.79 Å². The summed E-state index contributed by atoms with van der Waals surface area (Å²) in [5, 5.41) is 6.23. The van der Waals surface area contributed by atoms with Crippen molar-refractivity contribution in [2.45, 2.75) is 46.5 Å². The largest absolute Gasteiger partial charge is 0.355 e. The van der Waals surface area contributed by atoms with E-state index in [4.69, 9.17) is 0 Å². The number of rotatable bonds is 6. The molecule has 2 atom stereocenters. The van der Waals surface area contributed by atoms with Gasteiger partial charge in [0.15, 0.2) is 0 Å². The van der Waals surface area contributed by atoms with Crippen molar-refractivity contribution in [2.75, 3.05) is 19.6 Å². The third-order valence-electron chi connectivity index (χ3n) is 3.69. The van der Waals surface area contributed by atoms with E-state index in [1.54, 1.807) is 0 Å². The summed E-state index contributed by atoms with van der Waals surface area (Å²) in [6.45, 7) is 8.80. The number of hydrogen-bond donors (Lipinski definition) is 2. The molecule has 0 spiro atoms. The van der Waals surface area contributed by atoms with Crippen molar-refractivity contribution in [3.8, 4) is 0 Å². The van der Waals surface area contributed by atoms with Crippen LogP contribution in [0.1, 0.15) is 46.5 Å². The van der Waals surface area contributed by atoms with E-state index in [9.17, 15) is 4.79 Å². The molecule has 1 rings (SSSR count). The second-order valence-electron chi connectivity index (χ2n) is 5.85. The first-order valence-corrected chi connectivity index (χ1v) is 7.07. The van der Waals surface area contributed by atoms with Gasteiger partial charge in [0.25, 0.3) is 0 Å². The topological polar surface area (TPSA) is 41.1 Å². The molecule has 1 aliphatic carbocycles. The monoisotopic (exact) mass is 240 g/mol. The Bertz CT molecular complexity index is 228. The van der Waals surface area contributed by atoms with Crippen molar-refractivity contribution in [3.63, 3.8) is 0 Å². The molecule has 1 fully saturated rings. The standard InChI is InChI=1S/C14H28N2O/c1-11(2)8-16-14(17)10-15-9-13-7-5-4-6-12(13)3/h11-13,15H,4-10H2,1-3H3,(H,16,17). The van der Waals surface area contributed by atoms with Crippen LogP contribution in [0.2, 0.25) is 0 Å². The average Bonchev–Trinajstić information content (AvgIpc) is 2.29. The Morgan fingerprint density at radius 2 is 2.00 bits per heavy atom. The van der Waals surface area contributed by atoms with Crippen LogP contribution in [-0.4, -0.2) is 25.5 Å². The maximum Gasteiger partial charge on any atom is 0.233 e. The molecule has 2 unspecified atom stereocenters. The molecule has 0 saturated heterocycles. The highest BCUT2D eigenvalue weighted by molar-refractivity contribution is 5.77. The summed E-state index contributed by atoms with van der Waals surface area (Å²) in [5.41, 5.74) is 0. The van der Waals surface area contributed by atoms with E-state index in [1.807, 2.05) is 0 Å². The molecular formula is C14H28N2O. The Balaban J connectivity index is 2.08. The SMILES string of the molecule is CC(C)CNC(=O)CNCC1CCCCC1C. The van der Waals surface area contributed by atoms with E-state index >= 15 is 0 Å². The lowest BCUT2D eigenvalue weighted by atomic mass is 9.80. The summed E-state index contributed by atoms with van der Waals surface area (Å²) in [6.07, 6.45) is 5.41. The molecule has 1 saturated carbocycles. The summed E-state index contributed by atoms with van der Waals surface area (Å²) in [5.74, 6) is 2.23. The fraction of sp³-hybridized carbons (Fsp3) is 0.929. The van der Waals surface area contributed by atoms with Crippen molar-refractivity contribution < 1.29 is 4.79 Å². The van der Waals surface area contributed by atoms with Crippen molar-refractivity contribution in [2.24, 2.45) is 17.8 Å². The van der Waals surface area contributed by atoms with Crippen LogP contribution in [0.5, 0.6) is 0 Å². The van der Waals surface area contributed by atoms with Crippen LogP contribution < -0.4 is 10.6 Å². The first-order chi connectivity index (χ1) is 8.09. The fourth-order valence-electron chi connectivity index (χ4n) is 2.45. The smallest absolute Gasteiger partial charge is 0.233 e. The molecule has 0 aromatic heterocycles. The Labute approximate surface area is 106 Å². The highest BCUT2D eigenvalue weighted by Gasteiger charge is 2.20. The summed E-state index contributed by atoms with van der Waals surface area (Å²) in [6, 6.07) is 0. The van der Waals surface area contributed by atoms with E-state index < -0.39 is 0 Å². The zero-order chi connectivity index (χ0) is 12.7.